The zero-order valence-electron chi connectivity index (χ0n) is 27.5. The lowest BCUT2D eigenvalue weighted by Gasteiger charge is -2.23. The minimum absolute atomic E-state index is 0.0280. The second-order valence-corrected chi connectivity index (χ2v) is 12.0. The summed E-state index contributed by atoms with van der Waals surface area (Å²) in [5.41, 5.74) is 3.36. The Balaban J connectivity index is 1.25. The highest BCUT2D eigenvalue weighted by atomic mass is 16.6. The lowest BCUT2D eigenvalue weighted by molar-refractivity contribution is -0.119. The molecular weight excluding hydrogens is 608 g/mol. The summed E-state index contributed by atoms with van der Waals surface area (Å²) in [5.74, 6) is 0.293. The van der Waals surface area contributed by atoms with Gasteiger partial charge in [-0.1, -0.05) is 55.3 Å². The van der Waals surface area contributed by atoms with Gasteiger partial charge in [-0.25, -0.2) is 4.79 Å². The van der Waals surface area contributed by atoms with Crippen molar-refractivity contribution >= 4 is 45.0 Å². The summed E-state index contributed by atoms with van der Waals surface area (Å²) in [6, 6.07) is 23.7. The van der Waals surface area contributed by atoms with Crippen molar-refractivity contribution in [2.24, 2.45) is 5.16 Å². The molecular formula is C38H40N4O6. The number of fused-ring (bicyclic) bond motifs is 3. The topological polar surface area (TPSA) is 115 Å². The molecule has 0 unspecified atom stereocenters. The van der Waals surface area contributed by atoms with Crippen molar-refractivity contribution in [2.75, 3.05) is 19.0 Å². The largest absolute Gasteiger partial charge is 0.497 e. The maximum Gasteiger partial charge on any atom is 0.348 e. The molecule has 1 aliphatic rings. The number of aryl methyl sites for hydroxylation is 2. The highest BCUT2D eigenvalue weighted by molar-refractivity contribution is 6.11. The maximum absolute atomic E-state index is 13.9. The van der Waals surface area contributed by atoms with E-state index >= 15 is 0 Å². The molecule has 0 bridgehead atoms. The van der Waals surface area contributed by atoms with E-state index in [9.17, 15) is 14.4 Å². The Hall–Kier alpha value is -5.38. The fourth-order valence-electron chi connectivity index (χ4n) is 6.29. The first kappa shape index (κ1) is 32.6. The van der Waals surface area contributed by atoms with Gasteiger partial charge in [0.05, 0.1) is 19.4 Å². The predicted molar refractivity (Wildman–Crippen MR) is 187 cm³/mol. The van der Waals surface area contributed by atoms with Crippen LogP contribution in [0.15, 0.2) is 93.2 Å². The van der Waals surface area contributed by atoms with Crippen LogP contribution in [0, 0.1) is 0 Å². The van der Waals surface area contributed by atoms with E-state index in [0.29, 0.717) is 23.6 Å². The number of oxime groups is 1. The number of aromatic nitrogens is 1. The van der Waals surface area contributed by atoms with Crippen molar-refractivity contribution in [2.45, 2.75) is 65.1 Å². The monoisotopic (exact) mass is 648 g/mol. The highest BCUT2D eigenvalue weighted by Crippen LogP contribution is 2.31. The van der Waals surface area contributed by atoms with E-state index in [-0.39, 0.29) is 31.0 Å². The summed E-state index contributed by atoms with van der Waals surface area (Å²) < 4.78 is 13.0. The Morgan fingerprint density at radius 3 is 2.50 bits per heavy atom. The third-order valence-electron chi connectivity index (χ3n) is 8.80. The first-order chi connectivity index (χ1) is 23.4. The van der Waals surface area contributed by atoms with Gasteiger partial charge in [0, 0.05) is 46.9 Å². The molecule has 0 radical (unpaired) electrons. The highest BCUT2D eigenvalue weighted by Gasteiger charge is 2.39. The quantitative estimate of drug-likeness (QED) is 0.116. The number of hydrogen-bond donors (Lipinski definition) is 1. The van der Waals surface area contributed by atoms with Crippen molar-refractivity contribution in [1.29, 1.82) is 0 Å². The number of carbonyl (C=O) groups is 2. The first-order valence-corrected chi connectivity index (χ1v) is 16.5. The van der Waals surface area contributed by atoms with Crippen LogP contribution in [0.3, 0.4) is 0 Å². The molecule has 1 atom stereocenters. The minimum Gasteiger partial charge on any atom is -0.497 e. The lowest BCUT2D eigenvalue weighted by atomic mass is 10.1. The zero-order valence-corrected chi connectivity index (χ0v) is 27.5. The molecule has 248 valence electrons. The molecule has 48 heavy (non-hydrogen) atoms. The average Bonchev–Trinajstić information content (AvgIpc) is 3.67. The van der Waals surface area contributed by atoms with Crippen LogP contribution in [0.25, 0.3) is 21.8 Å². The van der Waals surface area contributed by atoms with Crippen molar-refractivity contribution in [3.63, 3.8) is 0 Å². The normalized spacial score (nSPS) is 15.4. The van der Waals surface area contributed by atoms with Crippen molar-refractivity contribution in [3.05, 3.63) is 106 Å². The van der Waals surface area contributed by atoms with E-state index < -0.39 is 17.6 Å². The van der Waals surface area contributed by atoms with Crippen LogP contribution in [0.2, 0.25) is 0 Å². The van der Waals surface area contributed by atoms with Gasteiger partial charge in [0.25, 0.3) is 5.91 Å². The van der Waals surface area contributed by atoms with Gasteiger partial charge in [-0.2, -0.15) is 0 Å². The molecule has 2 aromatic heterocycles. The van der Waals surface area contributed by atoms with Crippen LogP contribution in [-0.2, 0) is 29.2 Å². The van der Waals surface area contributed by atoms with Gasteiger partial charge >= 0.3 is 5.63 Å². The molecule has 3 heterocycles. The summed E-state index contributed by atoms with van der Waals surface area (Å²) in [6.07, 6.45) is 3.73. The molecule has 1 saturated heterocycles. The summed E-state index contributed by atoms with van der Waals surface area (Å²) in [5, 5.41) is 9.44. The Labute approximate surface area is 278 Å². The lowest BCUT2D eigenvalue weighted by Crippen LogP contribution is -2.44. The predicted octanol–water partition coefficient (Wildman–Crippen LogP) is 6.93. The number of hydrogen-bond acceptors (Lipinski definition) is 7. The van der Waals surface area contributed by atoms with Crippen LogP contribution in [0.5, 0.6) is 5.75 Å². The van der Waals surface area contributed by atoms with Crippen LogP contribution in [0.4, 0.5) is 5.69 Å². The third-order valence-corrected chi connectivity index (χ3v) is 8.80. The molecule has 2 amide bonds. The fourth-order valence-corrected chi connectivity index (χ4v) is 6.29. The van der Waals surface area contributed by atoms with Gasteiger partial charge in [0.2, 0.25) is 5.91 Å². The molecule has 6 rings (SSSR count). The number of nitrogens with one attached hydrogen (secondary N) is 1. The number of nitrogens with zero attached hydrogens (tertiary/aromatic N) is 3. The SMILES string of the molecule is CCCCCc1ccc(C(=O)N2C/C(=N\OCc3ccc(OC)cc3)C[C@H]2C(=O)Nc2ccc3c(c2)c2ccccc2n3CC)c(=O)o1. The van der Waals surface area contributed by atoms with Crippen molar-refractivity contribution in [1.82, 2.24) is 9.47 Å². The number of methoxy groups -OCH3 is 1. The molecule has 0 saturated carbocycles. The van der Waals surface area contributed by atoms with Crippen LogP contribution in [0.1, 0.15) is 61.2 Å². The van der Waals surface area contributed by atoms with E-state index in [0.717, 1.165) is 58.9 Å². The van der Waals surface area contributed by atoms with Gasteiger partial charge in [0.15, 0.2) is 0 Å². The second kappa shape index (κ2) is 14.6. The third kappa shape index (κ3) is 6.83. The number of benzene rings is 3. The van der Waals surface area contributed by atoms with Crippen molar-refractivity contribution in [3.8, 4) is 5.75 Å². The fraction of sp³-hybridized carbons (Fsp3) is 0.316. The van der Waals surface area contributed by atoms with E-state index in [1.807, 2.05) is 54.6 Å². The number of amides is 2. The summed E-state index contributed by atoms with van der Waals surface area (Å²) in [6.45, 7) is 5.25. The zero-order chi connectivity index (χ0) is 33.6. The number of para-hydroxylation sites is 1. The summed E-state index contributed by atoms with van der Waals surface area (Å²) in [4.78, 5) is 47.7. The smallest absolute Gasteiger partial charge is 0.348 e. The number of ether oxygens (including phenoxy) is 1. The van der Waals surface area contributed by atoms with Crippen LogP contribution < -0.4 is 15.7 Å². The van der Waals surface area contributed by atoms with Crippen LogP contribution in [-0.4, -0.2) is 46.7 Å². The number of carbonyl (C=O) groups excluding carboxylic acids is 2. The van der Waals surface area contributed by atoms with Crippen LogP contribution >= 0.6 is 0 Å². The van der Waals surface area contributed by atoms with Gasteiger partial charge in [-0.05, 0) is 67.4 Å². The number of likely N-dealkylation sites (tertiary alicyclic amines) is 1. The molecule has 1 fully saturated rings. The molecule has 0 aliphatic carbocycles. The second-order valence-electron chi connectivity index (χ2n) is 12.0. The molecule has 10 heteroatoms. The Bertz CT molecular complexity index is 2030. The molecule has 10 nitrogen and oxygen atoms in total. The molecule has 3 aromatic carbocycles. The van der Waals surface area contributed by atoms with Gasteiger partial charge < -0.3 is 28.8 Å². The van der Waals surface area contributed by atoms with Gasteiger partial charge in [-0.15, -0.1) is 0 Å². The summed E-state index contributed by atoms with van der Waals surface area (Å²) in [7, 11) is 1.60. The standard InChI is InChI=1S/C38H40N4O6/c1-4-6-7-10-29-18-19-31(38(45)48-29)37(44)42-23-27(40-47-24-25-13-16-28(46-3)17-14-25)22-35(42)36(43)39-26-15-20-34-32(21-26)30-11-8-9-12-33(30)41(34)5-2/h8-9,11-21,35H,4-7,10,22-24H2,1-3H3,(H,39,43)/b40-27-/t35-/m0/s1. The Morgan fingerprint density at radius 1 is 0.958 bits per heavy atom. The Kier molecular flexibility index (Phi) is 9.89. The minimum atomic E-state index is -0.919. The van der Waals surface area contributed by atoms with Gasteiger partial charge in [-0.3, -0.25) is 9.59 Å². The number of anilines is 1. The maximum atomic E-state index is 13.9. The van der Waals surface area contributed by atoms with E-state index in [2.05, 4.69) is 41.0 Å². The first-order valence-electron chi connectivity index (χ1n) is 16.5. The van der Waals surface area contributed by atoms with Crippen molar-refractivity contribution < 1.29 is 23.6 Å². The molecule has 1 aliphatic heterocycles. The van der Waals surface area contributed by atoms with E-state index in [4.69, 9.17) is 14.0 Å². The number of unbranched alkanes of at least 4 members (excludes halogenated alkanes) is 2. The molecule has 1 N–H and O–H groups in total. The van der Waals surface area contributed by atoms with E-state index in [1.54, 1.807) is 13.2 Å². The molecule has 0 spiro atoms. The molecule has 5 aromatic rings. The summed E-state index contributed by atoms with van der Waals surface area (Å²) >= 11 is 0. The van der Waals surface area contributed by atoms with Gasteiger partial charge in [0.1, 0.15) is 29.7 Å². The average molecular weight is 649 g/mol. The Morgan fingerprint density at radius 2 is 1.75 bits per heavy atom. The number of rotatable bonds is 12. The van der Waals surface area contributed by atoms with E-state index in [1.165, 1.54) is 11.0 Å².